The molecular formula is C15H26N4. The second-order valence-corrected chi connectivity index (χ2v) is 5.43. The molecule has 4 nitrogen and oxygen atoms in total. The summed E-state index contributed by atoms with van der Waals surface area (Å²) in [6.45, 7) is 2.21. The molecule has 19 heavy (non-hydrogen) atoms. The Morgan fingerprint density at radius 3 is 2.63 bits per heavy atom. The lowest BCUT2D eigenvalue weighted by Crippen LogP contribution is -2.34. The number of hydrogen-bond acceptors (Lipinski definition) is 4. The third kappa shape index (κ3) is 3.17. The second-order valence-electron chi connectivity index (χ2n) is 5.43. The van der Waals surface area contributed by atoms with E-state index in [1.807, 2.05) is 7.05 Å². The van der Waals surface area contributed by atoms with Crippen LogP contribution in [0.5, 0.6) is 0 Å². The number of aromatic nitrogens is 2. The van der Waals surface area contributed by atoms with Crippen LogP contribution in [-0.4, -0.2) is 30.1 Å². The first-order valence-corrected chi connectivity index (χ1v) is 7.52. The fraction of sp³-hybridized carbons (Fsp3) is 0.733. The summed E-state index contributed by atoms with van der Waals surface area (Å²) in [4.78, 5) is 11.3. The van der Waals surface area contributed by atoms with Gasteiger partial charge in [-0.05, 0) is 19.3 Å². The molecule has 1 aliphatic carbocycles. The largest absolute Gasteiger partial charge is 0.373 e. The standard InChI is InChI=1S/C15H26N4/c1-4-8-13-14(16-2)17-11-18-15(13)19(3)12-9-6-5-7-10-12/h11-12H,4-10H2,1-3H3,(H,16,17,18). The average Bonchev–Trinajstić information content (AvgIpc) is 2.48. The Hall–Kier alpha value is -1.32. The molecule has 0 aromatic carbocycles. The normalized spacial score (nSPS) is 16.4. The number of rotatable bonds is 5. The lowest BCUT2D eigenvalue weighted by Gasteiger charge is -2.33. The van der Waals surface area contributed by atoms with Gasteiger partial charge in [0.1, 0.15) is 18.0 Å². The highest BCUT2D eigenvalue weighted by atomic mass is 15.2. The van der Waals surface area contributed by atoms with Crippen molar-refractivity contribution in [3.63, 3.8) is 0 Å². The van der Waals surface area contributed by atoms with Crippen molar-refractivity contribution in [2.45, 2.75) is 57.9 Å². The molecule has 0 saturated heterocycles. The van der Waals surface area contributed by atoms with Crippen LogP contribution in [0.2, 0.25) is 0 Å². The van der Waals surface area contributed by atoms with Gasteiger partial charge in [0.2, 0.25) is 0 Å². The highest BCUT2D eigenvalue weighted by molar-refractivity contribution is 5.58. The van der Waals surface area contributed by atoms with Gasteiger partial charge < -0.3 is 10.2 Å². The molecular weight excluding hydrogens is 236 g/mol. The second kappa shape index (κ2) is 6.73. The SMILES string of the molecule is CCCc1c(NC)ncnc1N(C)C1CCCCC1. The van der Waals surface area contributed by atoms with Crippen LogP contribution in [0.4, 0.5) is 11.6 Å². The van der Waals surface area contributed by atoms with Crippen LogP contribution in [0.15, 0.2) is 6.33 Å². The molecule has 0 unspecified atom stereocenters. The van der Waals surface area contributed by atoms with Crippen molar-refractivity contribution < 1.29 is 0 Å². The van der Waals surface area contributed by atoms with Crippen LogP contribution in [0.25, 0.3) is 0 Å². The first-order chi connectivity index (χ1) is 9.27. The molecule has 4 heteroatoms. The van der Waals surface area contributed by atoms with Crippen molar-refractivity contribution in [2.75, 3.05) is 24.3 Å². The van der Waals surface area contributed by atoms with E-state index in [-0.39, 0.29) is 0 Å². The maximum atomic E-state index is 4.56. The van der Waals surface area contributed by atoms with Crippen molar-refractivity contribution in [2.24, 2.45) is 0 Å². The smallest absolute Gasteiger partial charge is 0.137 e. The Bertz CT molecular complexity index is 399. The van der Waals surface area contributed by atoms with Crippen LogP contribution in [0.1, 0.15) is 51.0 Å². The van der Waals surface area contributed by atoms with E-state index < -0.39 is 0 Å². The summed E-state index contributed by atoms with van der Waals surface area (Å²) in [7, 11) is 4.13. The Kier molecular flexibility index (Phi) is 5.00. The Balaban J connectivity index is 2.26. The van der Waals surface area contributed by atoms with Crippen molar-refractivity contribution in [1.29, 1.82) is 0 Å². The highest BCUT2D eigenvalue weighted by Gasteiger charge is 2.22. The van der Waals surface area contributed by atoms with Gasteiger partial charge >= 0.3 is 0 Å². The van der Waals surface area contributed by atoms with Crippen LogP contribution < -0.4 is 10.2 Å². The first kappa shape index (κ1) is 14.1. The monoisotopic (exact) mass is 262 g/mol. The summed E-state index contributed by atoms with van der Waals surface area (Å²) < 4.78 is 0. The molecule has 1 saturated carbocycles. The highest BCUT2D eigenvalue weighted by Crippen LogP contribution is 2.29. The molecule has 1 aliphatic rings. The molecule has 0 bridgehead atoms. The van der Waals surface area contributed by atoms with E-state index in [9.17, 15) is 0 Å². The van der Waals surface area contributed by atoms with Crippen LogP contribution in [0, 0.1) is 0 Å². The van der Waals surface area contributed by atoms with E-state index in [1.165, 1.54) is 37.7 Å². The number of nitrogens with zero attached hydrogens (tertiary/aromatic N) is 3. The summed E-state index contributed by atoms with van der Waals surface area (Å²) in [5, 5.41) is 3.20. The zero-order chi connectivity index (χ0) is 13.7. The maximum absolute atomic E-state index is 4.56. The summed E-state index contributed by atoms with van der Waals surface area (Å²) in [6.07, 6.45) is 10.5. The van der Waals surface area contributed by atoms with Gasteiger partial charge in [0.25, 0.3) is 0 Å². The van der Waals surface area contributed by atoms with Gasteiger partial charge in [-0.1, -0.05) is 32.6 Å². The van der Waals surface area contributed by atoms with E-state index in [1.54, 1.807) is 6.33 Å². The van der Waals surface area contributed by atoms with E-state index in [4.69, 9.17) is 0 Å². The zero-order valence-corrected chi connectivity index (χ0v) is 12.4. The summed E-state index contributed by atoms with van der Waals surface area (Å²) in [5.74, 6) is 2.10. The number of hydrogen-bond donors (Lipinski definition) is 1. The van der Waals surface area contributed by atoms with E-state index >= 15 is 0 Å². The molecule has 106 valence electrons. The average molecular weight is 262 g/mol. The molecule has 1 N–H and O–H groups in total. The fourth-order valence-electron chi connectivity index (χ4n) is 3.04. The quantitative estimate of drug-likeness (QED) is 0.884. The molecule has 0 aliphatic heterocycles. The third-order valence-electron chi connectivity index (χ3n) is 4.12. The minimum atomic E-state index is 0.643. The molecule has 1 fully saturated rings. The fourth-order valence-corrected chi connectivity index (χ4v) is 3.04. The van der Waals surface area contributed by atoms with Gasteiger partial charge in [0.15, 0.2) is 0 Å². The molecule has 1 heterocycles. The number of anilines is 2. The predicted molar refractivity (Wildman–Crippen MR) is 80.8 cm³/mol. The van der Waals surface area contributed by atoms with E-state index in [2.05, 4.69) is 34.2 Å². The van der Waals surface area contributed by atoms with Crippen LogP contribution in [0.3, 0.4) is 0 Å². The molecule has 1 aromatic heterocycles. The van der Waals surface area contributed by atoms with Crippen LogP contribution >= 0.6 is 0 Å². The summed E-state index contributed by atoms with van der Waals surface area (Å²) in [6, 6.07) is 0.643. The van der Waals surface area contributed by atoms with Crippen molar-refractivity contribution >= 4 is 11.6 Å². The van der Waals surface area contributed by atoms with Gasteiger partial charge in [0, 0.05) is 25.7 Å². The Labute approximate surface area is 116 Å². The minimum Gasteiger partial charge on any atom is -0.373 e. The molecule has 0 atom stereocenters. The third-order valence-corrected chi connectivity index (χ3v) is 4.12. The zero-order valence-electron chi connectivity index (χ0n) is 12.4. The molecule has 0 spiro atoms. The van der Waals surface area contributed by atoms with Gasteiger partial charge in [-0.2, -0.15) is 0 Å². The van der Waals surface area contributed by atoms with Crippen molar-refractivity contribution in [3.05, 3.63) is 11.9 Å². The van der Waals surface area contributed by atoms with E-state index in [0.29, 0.717) is 6.04 Å². The summed E-state index contributed by atoms with van der Waals surface area (Å²) >= 11 is 0. The van der Waals surface area contributed by atoms with Crippen molar-refractivity contribution in [1.82, 2.24) is 9.97 Å². The van der Waals surface area contributed by atoms with Gasteiger partial charge in [0.05, 0.1) is 0 Å². The lowest BCUT2D eigenvalue weighted by atomic mass is 9.94. The van der Waals surface area contributed by atoms with Gasteiger partial charge in [-0.15, -0.1) is 0 Å². The Morgan fingerprint density at radius 1 is 1.26 bits per heavy atom. The lowest BCUT2D eigenvalue weighted by molar-refractivity contribution is 0.425. The molecule has 1 aromatic rings. The maximum Gasteiger partial charge on any atom is 0.137 e. The Morgan fingerprint density at radius 2 is 2.00 bits per heavy atom. The van der Waals surface area contributed by atoms with Crippen LogP contribution in [-0.2, 0) is 6.42 Å². The van der Waals surface area contributed by atoms with E-state index in [0.717, 1.165) is 24.5 Å². The molecule has 2 rings (SSSR count). The molecule has 0 radical (unpaired) electrons. The topological polar surface area (TPSA) is 41.1 Å². The van der Waals surface area contributed by atoms with Gasteiger partial charge in [-0.25, -0.2) is 9.97 Å². The molecule has 0 amide bonds. The minimum absolute atomic E-state index is 0.643. The predicted octanol–water partition coefficient (Wildman–Crippen LogP) is 3.24. The first-order valence-electron chi connectivity index (χ1n) is 7.52. The summed E-state index contributed by atoms with van der Waals surface area (Å²) in [5.41, 5.74) is 1.26. The van der Waals surface area contributed by atoms with Gasteiger partial charge in [-0.3, -0.25) is 0 Å². The van der Waals surface area contributed by atoms with Crippen molar-refractivity contribution in [3.8, 4) is 0 Å². The number of nitrogens with one attached hydrogen (secondary N) is 1.